The van der Waals surface area contributed by atoms with Crippen LogP contribution in [0.25, 0.3) is 0 Å². The molecule has 0 spiro atoms. The summed E-state index contributed by atoms with van der Waals surface area (Å²) in [5.41, 5.74) is 0. The Morgan fingerprint density at radius 2 is 1.68 bits per heavy atom. The number of rotatable bonds is 6. The number of carbonyl (C=O) groups is 1. The number of aromatic nitrogens is 1. The second-order valence-corrected chi connectivity index (χ2v) is 9.55. The van der Waals surface area contributed by atoms with Crippen LogP contribution in [0.3, 0.4) is 0 Å². The van der Waals surface area contributed by atoms with Gasteiger partial charge in [-0.15, -0.1) is 0 Å². The maximum atomic E-state index is 10.7. The van der Waals surface area contributed by atoms with Gasteiger partial charge in [-0.1, -0.05) is 25.9 Å². The first-order chi connectivity index (χ1) is 11.4. The van der Waals surface area contributed by atoms with Gasteiger partial charge >= 0.3 is 15.2 Å². The van der Waals surface area contributed by atoms with Gasteiger partial charge in [-0.25, -0.2) is 0 Å². The molecule has 1 rings (SSSR count). The zero-order chi connectivity index (χ0) is 20.1. The minimum Gasteiger partial charge on any atom is -0.365 e. The highest BCUT2D eigenvalue weighted by Crippen LogP contribution is 2.70. The highest BCUT2D eigenvalue weighted by molar-refractivity contribution is 7.72. The van der Waals surface area contributed by atoms with E-state index >= 15 is 0 Å². The first-order valence-corrected chi connectivity index (χ1v) is 10.8. The van der Waals surface area contributed by atoms with Crippen molar-refractivity contribution in [3.05, 3.63) is 18.5 Å². The molecule has 1 amide bonds. The minimum absolute atomic E-state index is 0.145. The van der Waals surface area contributed by atoms with E-state index in [2.05, 4.69) is 15.0 Å². The molecule has 12 heteroatoms. The Labute approximate surface area is 147 Å². The van der Waals surface area contributed by atoms with Gasteiger partial charge in [0.05, 0.1) is 6.20 Å². The summed E-state index contributed by atoms with van der Waals surface area (Å²) in [6, 6.07) is 1.72. The van der Waals surface area contributed by atoms with Crippen molar-refractivity contribution >= 4 is 21.1 Å². The number of nitrogens with one attached hydrogen (secondary N) is 1. The average Bonchev–Trinajstić information content (AvgIpc) is 3.09. The van der Waals surface area contributed by atoms with Crippen molar-refractivity contribution in [1.29, 1.82) is 0 Å². The van der Waals surface area contributed by atoms with E-state index in [4.69, 9.17) is 19.6 Å². The van der Waals surface area contributed by atoms with Crippen LogP contribution in [-0.4, -0.2) is 42.1 Å². The van der Waals surface area contributed by atoms with E-state index in [1.54, 1.807) is 12.3 Å². The lowest BCUT2D eigenvalue weighted by Gasteiger charge is -2.29. The van der Waals surface area contributed by atoms with E-state index in [1.165, 1.54) is 13.2 Å². The van der Waals surface area contributed by atoms with E-state index in [0.717, 1.165) is 19.9 Å². The second-order valence-electron chi connectivity index (χ2n) is 5.05. The molecule has 0 radical (unpaired) electrons. The first kappa shape index (κ1) is 26.2. The van der Waals surface area contributed by atoms with Gasteiger partial charge in [-0.2, -0.15) is 0 Å². The predicted molar refractivity (Wildman–Crippen MR) is 92.9 cm³/mol. The molecule has 1 aromatic heterocycles. The van der Waals surface area contributed by atoms with Crippen LogP contribution in [0.1, 0.15) is 47.0 Å². The summed E-state index contributed by atoms with van der Waals surface area (Å²) >= 11 is 0. The van der Waals surface area contributed by atoms with Crippen molar-refractivity contribution < 1.29 is 38.0 Å². The smallest absolute Gasteiger partial charge is 0.343 e. The highest BCUT2D eigenvalue weighted by atomic mass is 31.2. The predicted octanol–water partition coefficient (Wildman–Crippen LogP) is 2.07. The summed E-state index contributed by atoms with van der Waals surface area (Å²) in [5, 5.41) is 6.09. The monoisotopic (exact) mass is 402 g/mol. The fourth-order valence-electron chi connectivity index (χ4n) is 1.15. The van der Waals surface area contributed by atoms with Gasteiger partial charge in [0.1, 0.15) is 6.26 Å². The van der Waals surface area contributed by atoms with Gasteiger partial charge in [-0.3, -0.25) is 13.9 Å². The van der Waals surface area contributed by atoms with Gasteiger partial charge in [0.2, 0.25) is 5.91 Å². The maximum Gasteiger partial charge on any atom is 0.343 e. The Hall–Kier alpha value is -1.02. The molecule has 5 N–H and O–H groups in total. The zero-order valence-electron chi connectivity index (χ0n) is 14.8. The zero-order valence-corrected chi connectivity index (χ0v) is 16.6. The molecule has 0 aliphatic carbocycles. The molecule has 0 saturated carbocycles. The van der Waals surface area contributed by atoms with Gasteiger partial charge in [0.15, 0.2) is 4.90 Å². The maximum absolute atomic E-state index is 10.7. The Balaban J connectivity index is 0. The lowest BCUT2D eigenvalue weighted by Crippen LogP contribution is -2.23. The van der Waals surface area contributed by atoms with Gasteiger partial charge < -0.3 is 29.4 Å². The molecular formula is C13H28N2O8P2. The third-order valence-corrected chi connectivity index (χ3v) is 7.87. The van der Waals surface area contributed by atoms with Crippen molar-refractivity contribution in [3.8, 4) is 0 Å². The Morgan fingerprint density at radius 1 is 1.16 bits per heavy atom. The fourth-order valence-corrected chi connectivity index (χ4v) is 3.33. The number of hydrogen-bond donors (Lipinski definition) is 5. The minimum atomic E-state index is -4.77. The van der Waals surface area contributed by atoms with Crippen LogP contribution in [0.5, 0.6) is 0 Å². The van der Waals surface area contributed by atoms with Crippen molar-refractivity contribution in [1.82, 2.24) is 10.5 Å². The normalized spacial score (nSPS) is 11.5. The lowest BCUT2D eigenvalue weighted by molar-refractivity contribution is -0.120. The molecular weight excluding hydrogens is 374 g/mol. The molecule has 10 nitrogen and oxygen atoms in total. The standard InChI is InChI=1S/C6H13NO.C4H12O6P2.C3H3NO/c1-3-5-7-6(8)4-2;1-3-4(2,11(5,6)7)12(8,9)10;1-2-4-5-3-1/h3-5H2,1-2H3,(H,7,8);3H2,1-2H3,(H2,5,6,7)(H2,8,9,10);1-3H. The molecule has 0 aliphatic rings. The summed E-state index contributed by atoms with van der Waals surface area (Å²) in [7, 11) is -9.54. The summed E-state index contributed by atoms with van der Waals surface area (Å²) in [6.45, 7) is 6.90. The molecule has 0 unspecified atom stereocenters. The number of hydrogen-bond acceptors (Lipinski definition) is 5. The van der Waals surface area contributed by atoms with E-state index < -0.39 is 20.1 Å². The van der Waals surface area contributed by atoms with Crippen LogP contribution in [0.15, 0.2) is 23.0 Å². The third-order valence-electron chi connectivity index (χ3n) is 3.17. The van der Waals surface area contributed by atoms with E-state index in [-0.39, 0.29) is 12.3 Å². The van der Waals surface area contributed by atoms with Gasteiger partial charge in [0, 0.05) is 13.0 Å². The Bertz CT molecular complexity index is 513. The first-order valence-electron chi connectivity index (χ1n) is 7.59. The summed E-state index contributed by atoms with van der Waals surface area (Å²) in [5.74, 6) is 0.145. The summed E-state index contributed by atoms with van der Waals surface area (Å²) in [4.78, 5) is 43.0. The molecule has 148 valence electrons. The molecule has 0 atom stereocenters. The average molecular weight is 402 g/mol. The van der Waals surface area contributed by atoms with E-state index in [1.807, 2.05) is 13.8 Å². The molecule has 0 saturated heterocycles. The van der Waals surface area contributed by atoms with E-state index in [0.29, 0.717) is 6.42 Å². The molecule has 1 aromatic rings. The van der Waals surface area contributed by atoms with E-state index in [9.17, 15) is 13.9 Å². The molecule has 0 aliphatic heterocycles. The molecule has 25 heavy (non-hydrogen) atoms. The number of nitrogens with zero attached hydrogens (tertiary/aromatic N) is 1. The molecule has 1 heterocycles. The number of carbonyl (C=O) groups excluding carboxylic acids is 1. The van der Waals surface area contributed by atoms with Gasteiger partial charge in [-0.05, 0) is 25.8 Å². The quantitative estimate of drug-likeness (QED) is 0.447. The van der Waals surface area contributed by atoms with Crippen LogP contribution < -0.4 is 5.32 Å². The number of amides is 1. The molecule has 0 bridgehead atoms. The van der Waals surface area contributed by atoms with Crippen molar-refractivity contribution in [2.24, 2.45) is 0 Å². The second kappa shape index (κ2) is 12.4. The lowest BCUT2D eigenvalue weighted by atomic mass is 10.4. The SMILES string of the molecule is CCC(C)(P(=O)(O)O)P(=O)(O)O.CCCNC(=O)CC.c1cnoc1. The van der Waals surface area contributed by atoms with Crippen LogP contribution in [0.4, 0.5) is 0 Å². The Morgan fingerprint density at radius 3 is 1.84 bits per heavy atom. The third kappa shape index (κ3) is 10.5. The van der Waals surface area contributed by atoms with Crippen molar-refractivity contribution in [3.63, 3.8) is 0 Å². The van der Waals surface area contributed by atoms with Crippen LogP contribution >= 0.6 is 15.2 Å². The topological polar surface area (TPSA) is 170 Å². The van der Waals surface area contributed by atoms with Crippen molar-refractivity contribution in [2.75, 3.05) is 6.54 Å². The Kier molecular flexibility index (Phi) is 13.0. The largest absolute Gasteiger partial charge is 0.365 e. The van der Waals surface area contributed by atoms with Crippen LogP contribution in [-0.2, 0) is 13.9 Å². The summed E-state index contributed by atoms with van der Waals surface area (Å²) in [6.07, 6.45) is 4.44. The van der Waals surface area contributed by atoms with Crippen LogP contribution in [0.2, 0.25) is 0 Å². The molecule has 0 aromatic carbocycles. The molecule has 0 fully saturated rings. The van der Waals surface area contributed by atoms with Crippen molar-refractivity contribution in [2.45, 2.75) is 51.9 Å². The van der Waals surface area contributed by atoms with Gasteiger partial charge in [0.25, 0.3) is 0 Å². The summed E-state index contributed by atoms with van der Waals surface area (Å²) < 4.78 is 25.8. The fraction of sp³-hybridized carbons (Fsp3) is 0.692. The van der Waals surface area contributed by atoms with Crippen LogP contribution in [0, 0.1) is 0 Å². The highest BCUT2D eigenvalue weighted by Gasteiger charge is 2.54.